The first-order valence-electron chi connectivity index (χ1n) is 24.7. The van der Waals surface area contributed by atoms with Crippen molar-refractivity contribution in [1.29, 1.82) is 0 Å². The second kappa shape index (κ2) is 27.5. The third kappa shape index (κ3) is 13.1. The summed E-state index contributed by atoms with van der Waals surface area (Å²) < 4.78 is 73.0. The first kappa shape index (κ1) is 64.1. The number of ether oxygens (including phenoxy) is 13. The summed E-state index contributed by atoms with van der Waals surface area (Å²) in [7, 11) is 0. The van der Waals surface area contributed by atoms with Crippen LogP contribution in [0.5, 0.6) is 0 Å². The van der Waals surface area contributed by atoms with E-state index in [0.717, 1.165) is 0 Å². The van der Waals surface area contributed by atoms with Gasteiger partial charge in [-0.3, -0.25) is 0 Å². The average Bonchev–Trinajstić information content (AvgIpc) is 3.45. The fourth-order valence-corrected chi connectivity index (χ4v) is 9.88. The van der Waals surface area contributed by atoms with Crippen LogP contribution >= 0.6 is 0 Å². The minimum Gasteiger partial charge on any atom is -0.394 e. The summed E-state index contributed by atoms with van der Waals surface area (Å²) in [6.07, 6.45) is -69.1. The maximum Gasteiger partial charge on any atom is 0.187 e. The molecule has 7 aliphatic heterocycles. The van der Waals surface area contributed by atoms with Crippen molar-refractivity contribution in [3.8, 4) is 0 Å². The Balaban J connectivity index is 1.09. The van der Waals surface area contributed by atoms with E-state index in [1.165, 1.54) is 0 Å². The van der Waals surface area contributed by atoms with E-state index < -0.39 is 261 Å². The Labute approximate surface area is 439 Å². The van der Waals surface area contributed by atoms with Crippen LogP contribution in [0.4, 0.5) is 0 Å². The van der Waals surface area contributed by atoms with Crippen molar-refractivity contribution in [2.24, 2.45) is 0 Å². The monoisotopic (exact) mass is 1150 g/mol. The summed E-state index contributed by atoms with van der Waals surface area (Å²) in [6, 6.07) is 0. The Morgan fingerprint density at radius 2 is 0.462 bits per heavy atom. The van der Waals surface area contributed by atoms with Gasteiger partial charge in [-0.25, -0.2) is 0 Å². The van der Waals surface area contributed by atoms with Gasteiger partial charge < -0.3 is 179 Å². The lowest BCUT2D eigenvalue weighted by molar-refractivity contribution is -0.397. The highest BCUT2D eigenvalue weighted by Crippen LogP contribution is 2.37. The van der Waals surface area contributed by atoms with E-state index in [9.17, 15) is 117 Å². The van der Waals surface area contributed by atoms with Gasteiger partial charge in [0.05, 0.1) is 46.2 Å². The number of aliphatic hydroxyl groups is 23. The van der Waals surface area contributed by atoms with Crippen LogP contribution in [0.15, 0.2) is 0 Å². The summed E-state index contributed by atoms with van der Waals surface area (Å²) in [5.74, 6) is 0. The summed E-state index contributed by atoms with van der Waals surface area (Å²) in [5.41, 5.74) is 0. The van der Waals surface area contributed by atoms with E-state index in [0.29, 0.717) is 0 Å². The molecule has 7 aliphatic rings. The third-order valence-corrected chi connectivity index (χ3v) is 14.5. The highest BCUT2D eigenvalue weighted by Gasteiger charge is 2.58. The van der Waals surface area contributed by atoms with Crippen LogP contribution < -0.4 is 0 Å². The molecule has 0 aromatic carbocycles. The Morgan fingerprint density at radius 1 is 0.218 bits per heavy atom. The lowest BCUT2D eigenvalue weighted by Gasteiger charge is -2.50. The minimum atomic E-state index is -2.32. The maximum absolute atomic E-state index is 11.7. The van der Waals surface area contributed by atoms with E-state index in [-0.39, 0.29) is 0 Å². The van der Waals surface area contributed by atoms with Crippen LogP contribution in [0, 0.1) is 0 Å². The first-order valence-corrected chi connectivity index (χ1v) is 24.7. The molecule has 0 spiro atoms. The number of aliphatic hydroxyl groups excluding tert-OH is 23. The molecule has 0 amide bonds. The van der Waals surface area contributed by atoms with E-state index >= 15 is 0 Å². The smallest absolute Gasteiger partial charge is 0.187 e. The van der Waals surface area contributed by atoms with E-state index in [1.807, 2.05) is 0 Å². The Hall–Kier alpha value is -1.44. The second-order valence-corrected chi connectivity index (χ2v) is 19.6. The molecular weight excluding hydrogens is 1080 g/mol. The molecule has 0 aliphatic carbocycles. The van der Waals surface area contributed by atoms with Gasteiger partial charge in [-0.05, 0) is 0 Å². The normalized spacial score (nSPS) is 53.5. The van der Waals surface area contributed by atoms with Gasteiger partial charge in [0.25, 0.3) is 0 Å². The van der Waals surface area contributed by atoms with Crippen molar-refractivity contribution < 1.29 is 179 Å². The predicted octanol–water partition coefficient (Wildman–Crippen LogP) is -16.3. The zero-order valence-corrected chi connectivity index (χ0v) is 40.8. The lowest BCUT2D eigenvalue weighted by Crippen LogP contribution is -2.68. The van der Waals surface area contributed by atoms with E-state index in [4.69, 9.17) is 61.6 Å². The van der Waals surface area contributed by atoms with Gasteiger partial charge >= 0.3 is 0 Å². The van der Waals surface area contributed by atoms with Crippen LogP contribution in [0.25, 0.3) is 0 Å². The molecule has 7 rings (SSSR count). The average molecular weight is 1150 g/mol. The fourth-order valence-electron chi connectivity index (χ4n) is 9.88. The summed E-state index contributed by atoms with van der Waals surface area (Å²) in [6.45, 7) is -6.90. The summed E-state index contributed by atoms with van der Waals surface area (Å²) in [4.78, 5) is 0. The van der Waals surface area contributed by atoms with E-state index in [2.05, 4.69) is 0 Å². The largest absolute Gasteiger partial charge is 0.394 e. The van der Waals surface area contributed by atoms with Crippen molar-refractivity contribution in [2.45, 2.75) is 215 Å². The zero-order valence-electron chi connectivity index (χ0n) is 40.8. The molecule has 0 radical (unpaired) electrons. The minimum absolute atomic E-state index is 0.889. The van der Waals surface area contributed by atoms with Gasteiger partial charge in [-0.2, -0.15) is 0 Å². The van der Waals surface area contributed by atoms with Crippen LogP contribution in [0.3, 0.4) is 0 Å². The van der Waals surface area contributed by atoms with Gasteiger partial charge in [0.2, 0.25) is 0 Å². The molecule has 456 valence electrons. The Morgan fingerprint density at radius 3 is 0.821 bits per heavy atom. The molecule has 35 atom stereocenters. The zero-order chi connectivity index (χ0) is 57.3. The van der Waals surface area contributed by atoms with Gasteiger partial charge in [0, 0.05) is 0 Å². The summed E-state index contributed by atoms with van der Waals surface area (Å²) >= 11 is 0. The molecule has 7 fully saturated rings. The molecule has 0 bridgehead atoms. The van der Waals surface area contributed by atoms with Crippen molar-refractivity contribution in [2.75, 3.05) is 46.2 Å². The second-order valence-electron chi connectivity index (χ2n) is 19.6. The Kier molecular flexibility index (Phi) is 22.6. The maximum atomic E-state index is 11.7. The molecule has 78 heavy (non-hydrogen) atoms. The van der Waals surface area contributed by atoms with Gasteiger partial charge in [-0.15, -0.1) is 0 Å². The fraction of sp³-hybridized carbons (Fsp3) is 1.00. The Bertz CT molecular complexity index is 1810. The van der Waals surface area contributed by atoms with Gasteiger partial charge in [0.15, 0.2) is 44.0 Å². The molecule has 23 N–H and O–H groups in total. The number of rotatable bonds is 19. The van der Waals surface area contributed by atoms with Crippen molar-refractivity contribution in [3.63, 3.8) is 0 Å². The standard InChI is InChI=1S/C42H72O36/c43-1-8-15(49)18(52)26(60)37(68-8)77-34-14(7-66-42-35(20(54)17(51)10(3-45)70-42)78-38-27(61)19(53)16(50)9(2-44)69-38)73-41(30(64)24(34)58)76-33-13(6-48)72-40(29(63)23(33)57)75-32-12(5-47)71-39(28(62)22(32)56)74-31-11(4-46)67-36(65)25(59)21(31)55/h8-65H,1-7H2/t8-,9-,10-,11-,12-,13-,14-,15-,16+,17+,18+,19+,20+,21-,22-,23-,24-,25+,26-,27-,28+,29-,30+,31-,32-,33-,34-,35-,36?,37+,38+,39+,40+,41+,42+/m1/s1. The van der Waals surface area contributed by atoms with Crippen LogP contribution in [-0.2, 0) is 61.6 Å². The third-order valence-electron chi connectivity index (χ3n) is 14.5. The number of hydrogen-bond donors (Lipinski definition) is 23. The molecule has 1 unspecified atom stereocenters. The molecule has 36 heteroatoms. The molecule has 7 saturated heterocycles. The highest BCUT2D eigenvalue weighted by molar-refractivity contribution is 5.00. The van der Waals surface area contributed by atoms with E-state index in [1.54, 1.807) is 0 Å². The quantitative estimate of drug-likeness (QED) is 0.0571. The summed E-state index contributed by atoms with van der Waals surface area (Å²) in [5, 5.41) is 244. The number of hydrogen-bond acceptors (Lipinski definition) is 36. The van der Waals surface area contributed by atoms with Crippen LogP contribution in [-0.4, -0.2) is 379 Å². The SMILES string of the molecule is OC[C@H]1O[C@@H](O[C@H]2[C@@H](OC[C@H]3O[C@@H](O[C@H]4[C@H](O)[C@@H](O)[C@H](O[C@H]5[C@H](O)[C@H](O)[C@H](O[C@H]6[C@H](O)[C@H](O)C(O)O[C@@H]6CO)O[C@@H]5CO)O[C@@H]4CO)[C@@H](O)[C@@H](O)[C@@H]3O[C@@H]3O[C@H](CO)[C@@H](O)[C@H](O)[C@H]3O)O[C@H](CO)[C@H](O)[C@@H]2O)[C@H](O)[C@@H](O)[C@H]1O. The topological polar surface area (TPSA) is 585 Å². The molecule has 36 nitrogen and oxygen atoms in total. The van der Waals surface area contributed by atoms with Gasteiger partial charge in [-0.1, -0.05) is 0 Å². The van der Waals surface area contributed by atoms with Gasteiger partial charge in [0.1, 0.15) is 171 Å². The van der Waals surface area contributed by atoms with Crippen LogP contribution in [0.2, 0.25) is 0 Å². The molecule has 0 saturated carbocycles. The van der Waals surface area contributed by atoms with Crippen molar-refractivity contribution in [3.05, 3.63) is 0 Å². The molecule has 0 aromatic rings. The highest BCUT2D eigenvalue weighted by atomic mass is 16.8. The lowest BCUT2D eigenvalue weighted by atomic mass is 9.95. The van der Waals surface area contributed by atoms with Crippen molar-refractivity contribution in [1.82, 2.24) is 0 Å². The molecule has 7 heterocycles. The van der Waals surface area contributed by atoms with Crippen LogP contribution in [0.1, 0.15) is 0 Å². The first-order chi connectivity index (χ1) is 37.0. The molecule has 0 aromatic heterocycles. The predicted molar refractivity (Wildman–Crippen MR) is 232 cm³/mol. The van der Waals surface area contributed by atoms with Crippen molar-refractivity contribution >= 4 is 0 Å². The molecular formula is C42H72O36.